The summed E-state index contributed by atoms with van der Waals surface area (Å²) in [4.78, 5) is 12.2. The molecule has 0 heterocycles. The molecular formula is C18H31BrN2O. The van der Waals surface area contributed by atoms with Crippen molar-refractivity contribution in [3.63, 3.8) is 0 Å². The van der Waals surface area contributed by atoms with Crippen LogP contribution >= 0.6 is 0 Å². The van der Waals surface area contributed by atoms with Crippen molar-refractivity contribution in [2.75, 3.05) is 34.2 Å². The summed E-state index contributed by atoms with van der Waals surface area (Å²) >= 11 is 0. The average Bonchev–Trinajstić information content (AvgIpc) is 2.36. The predicted molar refractivity (Wildman–Crippen MR) is 89.3 cm³/mol. The van der Waals surface area contributed by atoms with Gasteiger partial charge in [-0.15, -0.1) is 0 Å². The van der Waals surface area contributed by atoms with Gasteiger partial charge in [0, 0.05) is 0 Å². The van der Waals surface area contributed by atoms with E-state index in [0.717, 1.165) is 29.6 Å². The van der Waals surface area contributed by atoms with Gasteiger partial charge in [-0.25, -0.2) is 0 Å². The number of benzene rings is 1. The Kier molecular flexibility index (Phi) is 8.94. The van der Waals surface area contributed by atoms with E-state index in [2.05, 4.69) is 64.6 Å². The second-order valence-electron chi connectivity index (χ2n) is 7.37. The van der Waals surface area contributed by atoms with Crippen LogP contribution in [0.2, 0.25) is 0 Å². The van der Waals surface area contributed by atoms with E-state index in [-0.39, 0.29) is 28.8 Å². The zero-order chi connectivity index (χ0) is 16.0. The zero-order valence-electron chi connectivity index (χ0n) is 14.8. The van der Waals surface area contributed by atoms with Crippen molar-refractivity contribution >= 4 is 5.91 Å². The smallest absolute Gasteiger partial charge is 0.227 e. The second kappa shape index (κ2) is 9.31. The van der Waals surface area contributed by atoms with Crippen LogP contribution in [0.1, 0.15) is 37.8 Å². The van der Waals surface area contributed by atoms with Crippen LogP contribution in [-0.2, 0) is 11.2 Å². The maximum Gasteiger partial charge on any atom is 0.227 e. The van der Waals surface area contributed by atoms with Crippen LogP contribution < -0.4 is 22.3 Å². The summed E-state index contributed by atoms with van der Waals surface area (Å²) in [5.41, 5.74) is 2.43. The molecule has 22 heavy (non-hydrogen) atoms. The van der Waals surface area contributed by atoms with Gasteiger partial charge in [0.1, 0.15) is 0 Å². The molecule has 0 radical (unpaired) electrons. The molecule has 1 atom stereocenters. The number of rotatable bonds is 7. The predicted octanol–water partition coefficient (Wildman–Crippen LogP) is -0.185. The number of carbonyl (C=O) groups is 1. The van der Waals surface area contributed by atoms with Crippen LogP contribution in [0.25, 0.3) is 0 Å². The summed E-state index contributed by atoms with van der Waals surface area (Å²) < 4.78 is 0.860. The van der Waals surface area contributed by atoms with Gasteiger partial charge < -0.3 is 26.8 Å². The first-order chi connectivity index (χ1) is 9.69. The highest BCUT2D eigenvalue weighted by atomic mass is 79.9. The number of hydrogen-bond acceptors (Lipinski definition) is 1. The maximum atomic E-state index is 12.2. The molecule has 0 aliphatic rings. The molecule has 1 amide bonds. The van der Waals surface area contributed by atoms with Gasteiger partial charge in [-0.05, 0) is 30.4 Å². The molecule has 126 valence electrons. The van der Waals surface area contributed by atoms with Crippen LogP contribution in [-0.4, -0.2) is 44.6 Å². The minimum atomic E-state index is -0.0921. The first-order valence-corrected chi connectivity index (χ1v) is 7.86. The lowest BCUT2D eigenvalue weighted by molar-refractivity contribution is -0.869. The first kappa shape index (κ1) is 21.1. The van der Waals surface area contributed by atoms with Gasteiger partial charge in [0.15, 0.2) is 0 Å². The Morgan fingerprint density at radius 1 is 1.09 bits per heavy atom. The summed E-state index contributed by atoms with van der Waals surface area (Å²) in [6.45, 7) is 8.07. The summed E-state index contributed by atoms with van der Waals surface area (Å²) in [7, 11) is 6.38. The molecule has 1 aromatic carbocycles. The topological polar surface area (TPSA) is 29.1 Å². The molecule has 0 spiro atoms. The van der Waals surface area contributed by atoms with Gasteiger partial charge in [0.2, 0.25) is 5.91 Å². The molecular weight excluding hydrogens is 340 g/mol. The third-order valence-electron chi connectivity index (χ3n) is 3.60. The highest BCUT2D eigenvalue weighted by Crippen LogP contribution is 2.17. The summed E-state index contributed by atoms with van der Waals surface area (Å²) in [5, 5.41) is 3.03. The van der Waals surface area contributed by atoms with Gasteiger partial charge in [0.05, 0.1) is 40.2 Å². The van der Waals surface area contributed by atoms with Crippen LogP contribution in [0, 0.1) is 5.92 Å². The Balaban J connectivity index is 0.00000441. The van der Waals surface area contributed by atoms with E-state index in [1.165, 1.54) is 5.56 Å². The number of halogens is 1. The lowest BCUT2D eigenvalue weighted by Crippen LogP contribution is -3.00. The molecule has 1 N–H and O–H groups in total. The molecule has 0 saturated carbocycles. The van der Waals surface area contributed by atoms with Crippen molar-refractivity contribution in [2.45, 2.75) is 33.1 Å². The van der Waals surface area contributed by atoms with Gasteiger partial charge in [-0.1, -0.05) is 38.1 Å². The number of nitrogens with one attached hydrogen (secondary N) is 1. The molecule has 0 saturated heterocycles. The largest absolute Gasteiger partial charge is 1.00 e. The molecule has 0 bridgehead atoms. The lowest BCUT2D eigenvalue weighted by atomic mass is 9.96. The summed E-state index contributed by atoms with van der Waals surface area (Å²) in [6.07, 6.45) is 1.09. The van der Waals surface area contributed by atoms with Crippen LogP contribution in [0.5, 0.6) is 0 Å². The third-order valence-corrected chi connectivity index (χ3v) is 3.60. The van der Waals surface area contributed by atoms with Crippen molar-refractivity contribution in [1.29, 1.82) is 0 Å². The SMILES string of the molecule is CC(C)Cc1ccc([C@@H](C)C(=O)NCC[N+](C)(C)C)cc1.[Br-]. The van der Waals surface area contributed by atoms with Gasteiger partial charge in [0.25, 0.3) is 0 Å². The number of quaternary nitrogens is 1. The number of carbonyl (C=O) groups excluding carboxylic acids is 1. The van der Waals surface area contributed by atoms with Gasteiger partial charge >= 0.3 is 0 Å². The zero-order valence-corrected chi connectivity index (χ0v) is 16.4. The van der Waals surface area contributed by atoms with Crippen LogP contribution in [0.15, 0.2) is 24.3 Å². The van der Waals surface area contributed by atoms with Gasteiger partial charge in [-0.2, -0.15) is 0 Å². The molecule has 1 rings (SSSR count). The quantitative estimate of drug-likeness (QED) is 0.662. The third kappa shape index (κ3) is 7.95. The van der Waals surface area contributed by atoms with Crippen LogP contribution in [0.4, 0.5) is 0 Å². The van der Waals surface area contributed by atoms with E-state index in [1.54, 1.807) is 0 Å². The minimum Gasteiger partial charge on any atom is -1.00 e. The summed E-state index contributed by atoms with van der Waals surface area (Å²) in [6, 6.07) is 8.46. The van der Waals surface area contributed by atoms with Crippen LogP contribution in [0.3, 0.4) is 0 Å². The average molecular weight is 371 g/mol. The van der Waals surface area contributed by atoms with E-state index in [9.17, 15) is 4.79 Å². The first-order valence-electron chi connectivity index (χ1n) is 7.86. The number of amides is 1. The van der Waals surface area contributed by atoms with E-state index < -0.39 is 0 Å². The lowest BCUT2D eigenvalue weighted by Gasteiger charge is -2.24. The van der Waals surface area contributed by atoms with Crippen molar-refractivity contribution in [3.8, 4) is 0 Å². The molecule has 0 aliphatic carbocycles. The van der Waals surface area contributed by atoms with Crippen molar-refractivity contribution < 1.29 is 26.3 Å². The fourth-order valence-corrected chi connectivity index (χ4v) is 2.23. The number of hydrogen-bond donors (Lipinski definition) is 1. The molecule has 0 unspecified atom stereocenters. The summed E-state index contributed by atoms with van der Waals surface area (Å²) in [5.74, 6) is 0.678. The molecule has 1 aromatic rings. The Morgan fingerprint density at radius 2 is 1.64 bits per heavy atom. The van der Waals surface area contributed by atoms with E-state index in [4.69, 9.17) is 0 Å². The Labute approximate surface area is 146 Å². The van der Waals surface area contributed by atoms with Crippen molar-refractivity contribution in [3.05, 3.63) is 35.4 Å². The molecule has 3 nitrogen and oxygen atoms in total. The van der Waals surface area contributed by atoms with E-state index in [0.29, 0.717) is 5.92 Å². The fraction of sp³-hybridized carbons (Fsp3) is 0.611. The highest BCUT2D eigenvalue weighted by molar-refractivity contribution is 5.83. The maximum absolute atomic E-state index is 12.2. The Morgan fingerprint density at radius 3 is 2.09 bits per heavy atom. The van der Waals surface area contributed by atoms with Crippen molar-refractivity contribution in [2.24, 2.45) is 5.92 Å². The number of nitrogens with zero attached hydrogens (tertiary/aromatic N) is 1. The molecule has 0 aromatic heterocycles. The second-order valence-corrected chi connectivity index (χ2v) is 7.37. The number of likely N-dealkylation sites (N-methyl/N-ethyl adjacent to an activating group) is 1. The highest BCUT2D eigenvalue weighted by Gasteiger charge is 2.16. The molecule has 4 heteroatoms. The Bertz CT molecular complexity index is 449. The van der Waals surface area contributed by atoms with Gasteiger partial charge in [-0.3, -0.25) is 4.79 Å². The monoisotopic (exact) mass is 370 g/mol. The standard InChI is InChI=1S/C18H30N2O.BrH/c1-14(2)13-16-7-9-17(10-8-16)15(3)18(21)19-11-12-20(4,5)6;/h7-10,14-15H,11-13H2,1-6H3;1H/t15-;/m1./s1. The van der Waals surface area contributed by atoms with E-state index in [1.807, 2.05) is 6.92 Å². The minimum absolute atomic E-state index is 0. The fourth-order valence-electron chi connectivity index (χ4n) is 2.23. The Hall–Kier alpha value is -0.870. The molecule has 0 aliphatic heterocycles. The molecule has 0 fully saturated rings. The van der Waals surface area contributed by atoms with Crippen molar-refractivity contribution in [1.82, 2.24) is 5.32 Å². The normalized spacial score (nSPS) is 12.7. The van der Waals surface area contributed by atoms with E-state index >= 15 is 0 Å².